The maximum Gasteiger partial charge on any atom is 0.237 e. The molecule has 1 heterocycles. The van der Waals surface area contributed by atoms with Crippen molar-refractivity contribution < 1.29 is 13.2 Å². The van der Waals surface area contributed by atoms with E-state index in [1.54, 1.807) is 30.3 Å². The van der Waals surface area contributed by atoms with E-state index in [2.05, 4.69) is 10.2 Å². The lowest BCUT2D eigenvalue weighted by atomic mass is 10.0. The van der Waals surface area contributed by atoms with E-state index in [1.165, 1.54) is 0 Å². The van der Waals surface area contributed by atoms with E-state index in [4.69, 9.17) is 0 Å². The number of likely N-dealkylation sites (tertiary alicyclic amines) is 1. The van der Waals surface area contributed by atoms with Crippen LogP contribution in [0.1, 0.15) is 26.7 Å². The van der Waals surface area contributed by atoms with E-state index in [9.17, 15) is 13.2 Å². The van der Waals surface area contributed by atoms with Crippen molar-refractivity contribution in [1.29, 1.82) is 0 Å². The molecule has 6 heteroatoms. The molecule has 1 fully saturated rings. The summed E-state index contributed by atoms with van der Waals surface area (Å²) in [5, 5.41) is 2.81. The molecule has 0 saturated carbocycles. The maximum atomic E-state index is 12.4. The monoisotopic (exact) mass is 338 g/mol. The van der Waals surface area contributed by atoms with Gasteiger partial charge in [-0.2, -0.15) is 0 Å². The Bertz CT molecular complexity index is 608. The van der Waals surface area contributed by atoms with E-state index >= 15 is 0 Å². The molecule has 1 aliphatic heterocycles. The van der Waals surface area contributed by atoms with Crippen LogP contribution in [0.3, 0.4) is 0 Å². The zero-order chi connectivity index (χ0) is 16.9. The number of carbonyl (C=O) groups is 1. The van der Waals surface area contributed by atoms with E-state index in [1.807, 2.05) is 13.8 Å². The molecule has 0 radical (unpaired) electrons. The van der Waals surface area contributed by atoms with Crippen LogP contribution in [-0.2, 0) is 14.6 Å². The van der Waals surface area contributed by atoms with Gasteiger partial charge in [0.1, 0.15) is 0 Å². The fourth-order valence-electron chi connectivity index (χ4n) is 3.07. The van der Waals surface area contributed by atoms with Gasteiger partial charge in [0.05, 0.1) is 16.7 Å². The van der Waals surface area contributed by atoms with Crippen LogP contribution in [0.4, 0.5) is 0 Å². The lowest BCUT2D eigenvalue weighted by molar-refractivity contribution is -0.127. The summed E-state index contributed by atoms with van der Waals surface area (Å²) >= 11 is 0. The Morgan fingerprint density at radius 1 is 1.17 bits per heavy atom. The predicted octanol–water partition coefficient (Wildman–Crippen LogP) is 1.70. The molecule has 23 heavy (non-hydrogen) atoms. The first-order chi connectivity index (χ1) is 10.9. The Morgan fingerprint density at radius 3 is 2.35 bits per heavy atom. The van der Waals surface area contributed by atoms with Crippen LogP contribution in [0.25, 0.3) is 0 Å². The van der Waals surface area contributed by atoms with Gasteiger partial charge in [0.15, 0.2) is 9.84 Å². The third-order valence-electron chi connectivity index (χ3n) is 4.21. The molecule has 1 aromatic carbocycles. The van der Waals surface area contributed by atoms with Crippen LogP contribution in [0.15, 0.2) is 35.2 Å². The smallest absolute Gasteiger partial charge is 0.237 e. The molecule has 1 N–H and O–H groups in total. The SMILES string of the molecule is CC(C)C(C(=O)NCCS(=O)(=O)c1ccccc1)N1CCCC1. The number of hydrogen-bond acceptors (Lipinski definition) is 4. The van der Waals surface area contributed by atoms with Crippen LogP contribution in [0, 0.1) is 5.92 Å². The molecule has 0 aromatic heterocycles. The number of nitrogens with zero attached hydrogens (tertiary/aromatic N) is 1. The van der Waals surface area contributed by atoms with E-state index in [0.29, 0.717) is 4.90 Å². The lowest BCUT2D eigenvalue weighted by Gasteiger charge is -2.29. The lowest BCUT2D eigenvalue weighted by Crippen LogP contribution is -2.49. The second kappa shape index (κ2) is 7.93. The molecule has 1 aliphatic rings. The second-order valence-corrected chi connectivity index (χ2v) is 8.46. The van der Waals surface area contributed by atoms with Gasteiger partial charge in [-0.15, -0.1) is 0 Å². The summed E-state index contributed by atoms with van der Waals surface area (Å²) < 4.78 is 24.4. The van der Waals surface area contributed by atoms with Crippen molar-refractivity contribution in [2.45, 2.75) is 37.6 Å². The molecule has 128 valence electrons. The third-order valence-corrected chi connectivity index (χ3v) is 5.94. The zero-order valence-electron chi connectivity index (χ0n) is 13.9. The topological polar surface area (TPSA) is 66.5 Å². The number of nitrogens with one attached hydrogen (secondary N) is 1. The van der Waals surface area contributed by atoms with Gasteiger partial charge in [-0.1, -0.05) is 32.0 Å². The standard InChI is InChI=1S/C17H26N2O3S/c1-14(2)16(19-11-6-7-12-19)17(20)18-10-13-23(21,22)15-8-4-3-5-9-15/h3-5,8-9,14,16H,6-7,10-13H2,1-2H3,(H,18,20). The van der Waals surface area contributed by atoms with Gasteiger partial charge in [-0.05, 0) is 44.0 Å². The molecule has 1 amide bonds. The Labute approximate surface area is 139 Å². The number of sulfone groups is 1. The highest BCUT2D eigenvalue weighted by Gasteiger charge is 2.30. The number of amides is 1. The van der Waals surface area contributed by atoms with Crippen LogP contribution >= 0.6 is 0 Å². The van der Waals surface area contributed by atoms with Crippen molar-refractivity contribution in [2.24, 2.45) is 5.92 Å². The van der Waals surface area contributed by atoms with Gasteiger partial charge in [-0.25, -0.2) is 8.42 Å². The van der Waals surface area contributed by atoms with Crippen LogP contribution < -0.4 is 5.32 Å². The first-order valence-corrected chi connectivity index (χ1v) is 9.86. The highest BCUT2D eigenvalue weighted by molar-refractivity contribution is 7.91. The number of benzene rings is 1. The molecule has 2 rings (SSSR count). The Hall–Kier alpha value is -1.40. The van der Waals surface area contributed by atoms with Gasteiger partial charge in [0, 0.05) is 6.54 Å². The number of carbonyl (C=O) groups excluding carboxylic acids is 1. The third kappa shape index (κ3) is 4.78. The van der Waals surface area contributed by atoms with Gasteiger partial charge in [0.25, 0.3) is 0 Å². The minimum Gasteiger partial charge on any atom is -0.354 e. The van der Waals surface area contributed by atoms with Crippen molar-refractivity contribution in [3.63, 3.8) is 0 Å². The molecule has 0 spiro atoms. The summed E-state index contributed by atoms with van der Waals surface area (Å²) in [5.74, 6) is 0.0668. The zero-order valence-corrected chi connectivity index (χ0v) is 14.7. The highest BCUT2D eigenvalue weighted by atomic mass is 32.2. The Balaban J connectivity index is 1.90. The summed E-state index contributed by atoms with van der Waals surface area (Å²) in [6.07, 6.45) is 2.25. The molecule has 1 atom stereocenters. The predicted molar refractivity (Wildman–Crippen MR) is 90.9 cm³/mol. The summed E-state index contributed by atoms with van der Waals surface area (Å²) in [6, 6.07) is 8.18. The quantitative estimate of drug-likeness (QED) is 0.822. The molecule has 0 aliphatic carbocycles. The average Bonchev–Trinajstić information content (AvgIpc) is 3.01. The first-order valence-electron chi connectivity index (χ1n) is 8.21. The molecular weight excluding hydrogens is 312 g/mol. The van der Waals surface area contributed by atoms with Crippen molar-refractivity contribution in [2.75, 3.05) is 25.4 Å². The van der Waals surface area contributed by atoms with E-state index in [0.717, 1.165) is 25.9 Å². The fourth-order valence-corrected chi connectivity index (χ4v) is 4.25. The summed E-state index contributed by atoms with van der Waals surface area (Å²) in [4.78, 5) is 14.9. The first kappa shape index (κ1) is 17.9. The van der Waals surface area contributed by atoms with E-state index < -0.39 is 9.84 Å². The van der Waals surface area contributed by atoms with Crippen molar-refractivity contribution in [1.82, 2.24) is 10.2 Å². The van der Waals surface area contributed by atoms with Crippen LogP contribution in [-0.4, -0.2) is 50.7 Å². The van der Waals surface area contributed by atoms with Crippen LogP contribution in [0.2, 0.25) is 0 Å². The molecule has 1 aromatic rings. The Kier molecular flexibility index (Phi) is 6.18. The maximum absolute atomic E-state index is 12.4. The van der Waals surface area contributed by atoms with Gasteiger partial charge < -0.3 is 5.32 Å². The summed E-state index contributed by atoms with van der Waals surface area (Å²) in [5.41, 5.74) is 0. The molecular formula is C17H26N2O3S. The highest BCUT2D eigenvalue weighted by Crippen LogP contribution is 2.18. The number of hydrogen-bond donors (Lipinski definition) is 1. The second-order valence-electron chi connectivity index (χ2n) is 6.35. The molecule has 0 bridgehead atoms. The van der Waals surface area contributed by atoms with Crippen LogP contribution in [0.5, 0.6) is 0 Å². The summed E-state index contributed by atoms with van der Waals surface area (Å²) in [6.45, 7) is 6.09. The fraction of sp³-hybridized carbons (Fsp3) is 0.588. The summed E-state index contributed by atoms with van der Waals surface area (Å²) in [7, 11) is -3.35. The van der Waals surface area contributed by atoms with Gasteiger partial charge in [0.2, 0.25) is 5.91 Å². The van der Waals surface area contributed by atoms with E-state index in [-0.39, 0.29) is 30.2 Å². The van der Waals surface area contributed by atoms with Crippen molar-refractivity contribution >= 4 is 15.7 Å². The van der Waals surface area contributed by atoms with Crippen molar-refractivity contribution in [3.8, 4) is 0 Å². The normalized spacial score (nSPS) is 17.3. The number of rotatable bonds is 7. The van der Waals surface area contributed by atoms with Gasteiger partial charge >= 0.3 is 0 Å². The molecule has 5 nitrogen and oxygen atoms in total. The van der Waals surface area contributed by atoms with Gasteiger partial charge in [-0.3, -0.25) is 9.69 Å². The Morgan fingerprint density at radius 2 is 1.78 bits per heavy atom. The molecule has 1 unspecified atom stereocenters. The minimum absolute atomic E-state index is 0.0647. The molecule has 1 saturated heterocycles. The minimum atomic E-state index is -3.35. The largest absolute Gasteiger partial charge is 0.354 e. The van der Waals surface area contributed by atoms with Crippen molar-refractivity contribution in [3.05, 3.63) is 30.3 Å². The average molecular weight is 338 g/mol.